The lowest BCUT2D eigenvalue weighted by molar-refractivity contribution is 0.0169. The van der Waals surface area contributed by atoms with Crippen molar-refractivity contribution in [2.45, 2.75) is 32.4 Å². The van der Waals surface area contributed by atoms with Gasteiger partial charge in [-0.05, 0) is 38.5 Å². The molecule has 0 aliphatic carbocycles. The Hall–Kier alpha value is -1.70. The van der Waals surface area contributed by atoms with Gasteiger partial charge in [0, 0.05) is 33.3 Å². The molecule has 0 spiro atoms. The lowest BCUT2D eigenvalue weighted by Gasteiger charge is -2.35. The molecular formula is C20H33FN4O2. The molecule has 27 heavy (non-hydrogen) atoms. The van der Waals surface area contributed by atoms with E-state index in [1.165, 1.54) is 12.1 Å². The summed E-state index contributed by atoms with van der Waals surface area (Å²) in [6, 6.07) is 6.87. The summed E-state index contributed by atoms with van der Waals surface area (Å²) in [5.41, 5.74) is 0.766. The summed E-state index contributed by atoms with van der Waals surface area (Å²) in [5, 5.41) is 6.71. The van der Waals surface area contributed by atoms with Crippen LogP contribution in [0.1, 0.15) is 32.4 Å². The first-order valence-electron chi connectivity index (χ1n) is 9.60. The largest absolute Gasteiger partial charge is 0.379 e. The third-order valence-electron chi connectivity index (χ3n) is 4.72. The number of benzene rings is 1. The molecule has 1 saturated heterocycles. The van der Waals surface area contributed by atoms with Crippen LogP contribution < -0.4 is 10.6 Å². The highest BCUT2D eigenvalue weighted by atomic mass is 19.1. The molecule has 2 N–H and O–H groups in total. The summed E-state index contributed by atoms with van der Waals surface area (Å²) in [4.78, 5) is 7.01. The van der Waals surface area contributed by atoms with Crippen LogP contribution in [-0.2, 0) is 9.47 Å². The van der Waals surface area contributed by atoms with Gasteiger partial charge < -0.3 is 20.1 Å². The lowest BCUT2D eigenvalue weighted by atomic mass is 10.0. The summed E-state index contributed by atoms with van der Waals surface area (Å²) >= 11 is 0. The molecule has 152 valence electrons. The SMILES string of the molecule is CCNC(=NCC(C)(C)OC)NCC(c1ccc(F)cc1)N1CCOCC1. The summed E-state index contributed by atoms with van der Waals surface area (Å²) in [5.74, 6) is 0.534. The van der Waals surface area contributed by atoms with E-state index in [0.29, 0.717) is 26.3 Å². The second-order valence-corrected chi connectivity index (χ2v) is 7.26. The van der Waals surface area contributed by atoms with E-state index in [9.17, 15) is 4.39 Å². The van der Waals surface area contributed by atoms with Gasteiger partial charge in [-0.25, -0.2) is 4.39 Å². The van der Waals surface area contributed by atoms with Crippen molar-refractivity contribution in [2.24, 2.45) is 4.99 Å². The quantitative estimate of drug-likeness (QED) is 0.535. The zero-order valence-electron chi connectivity index (χ0n) is 16.9. The number of halogens is 1. The zero-order valence-corrected chi connectivity index (χ0v) is 16.9. The molecule has 0 saturated carbocycles. The van der Waals surface area contributed by atoms with Crippen LogP contribution in [0, 0.1) is 5.82 Å². The van der Waals surface area contributed by atoms with Crippen molar-refractivity contribution in [2.75, 3.05) is 53.0 Å². The van der Waals surface area contributed by atoms with E-state index in [4.69, 9.17) is 9.47 Å². The van der Waals surface area contributed by atoms with Crippen LogP contribution in [0.4, 0.5) is 4.39 Å². The number of nitrogens with one attached hydrogen (secondary N) is 2. The van der Waals surface area contributed by atoms with Gasteiger partial charge in [0.15, 0.2) is 5.96 Å². The van der Waals surface area contributed by atoms with Crippen LogP contribution in [0.5, 0.6) is 0 Å². The van der Waals surface area contributed by atoms with Gasteiger partial charge in [0.1, 0.15) is 5.82 Å². The van der Waals surface area contributed by atoms with E-state index in [1.54, 1.807) is 7.11 Å². The molecule has 0 aromatic heterocycles. The first kappa shape index (κ1) is 21.6. The first-order chi connectivity index (χ1) is 12.9. The Morgan fingerprint density at radius 2 is 1.93 bits per heavy atom. The third-order valence-corrected chi connectivity index (χ3v) is 4.72. The Morgan fingerprint density at radius 1 is 1.26 bits per heavy atom. The highest BCUT2D eigenvalue weighted by Gasteiger charge is 2.23. The Bertz CT molecular complexity index is 586. The Labute approximate surface area is 162 Å². The molecule has 0 bridgehead atoms. The van der Waals surface area contributed by atoms with Crippen molar-refractivity contribution < 1.29 is 13.9 Å². The van der Waals surface area contributed by atoms with Gasteiger partial charge in [-0.3, -0.25) is 9.89 Å². The minimum Gasteiger partial charge on any atom is -0.379 e. The van der Waals surface area contributed by atoms with Gasteiger partial charge in [0.05, 0.1) is 31.4 Å². The molecule has 1 unspecified atom stereocenters. The third kappa shape index (κ3) is 7.08. The number of ether oxygens (including phenoxy) is 2. The fraction of sp³-hybridized carbons (Fsp3) is 0.650. The van der Waals surface area contributed by atoms with Crippen molar-refractivity contribution in [1.82, 2.24) is 15.5 Å². The standard InChI is InChI=1S/C20H33FN4O2/c1-5-22-19(24-15-20(2,3)26-4)23-14-18(25-10-12-27-13-11-25)16-6-8-17(21)9-7-16/h6-9,18H,5,10-15H2,1-4H3,(H2,22,23,24). The minimum atomic E-state index is -0.317. The molecule has 1 aliphatic heterocycles. The van der Waals surface area contributed by atoms with Crippen LogP contribution in [0.3, 0.4) is 0 Å². The molecule has 0 radical (unpaired) electrons. The highest BCUT2D eigenvalue weighted by Crippen LogP contribution is 2.21. The monoisotopic (exact) mass is 380 g/mol. The number of guanidine groups is 1. The fourth-order valence-electron chi connectivity index (χ4n) is 2.90. The van der Waals surface area contributed by atoms with E-state index in [-0.39, 0.29) is 17.5 Å². The van der Waals surface area contributed by atoms with E-state index >= 15 is 0 Å². The minimum absolute atomic E-state index is 0.119. The molecule has 1 atom stereocenters. The number of methoxy groups -OCH3 is 1. The second kappa shape index (κ2) is 10.6. The predicted octanol–water partition coefficient (Wildman–Crippen LogP) is 2.18. The molecule has 7 heteroatoms. The molecule has 1 fully saturated rings. The van der Waals surface area contributed by atoms with E-state index in [1.807, 2.05) is 32.9 Å². The van der Waals surface area contributed by atoms with Crippen molar-refractivity contribution in [3.63, 3.8) is 0 Å². The number of aliphatic imine (C=N–C) groups is 1. The average Bonchev–Trinajstić information content (AvgIpc) is 2.68. The topological polar surface area (TPSA) is 58.1 Å². The van der Waals surface area contributed by atoms with Gasteiger partial charge in [0.25, 0.3) is 0 Å². The summed E-state index contributed by atoms with van der Waals surface area (Å²) in [6.45, 7) is 11.2. The maximum absolute atomic E-state index is 13.4. The summed E-state index contributed by atoms with van der Waals surface area (Å²) in [6.07, 6.45) is 0. The van der Waals surface area contributed by atoms with Crippen LogP contribution in [0.25, 0.3) is 0 Å². The molecular weight excluding hydrogens is 347 g/mol. The maximum atomic E-state index is 13.4. The molecule has 1 aromatic rings. The van der Waals surface area contributed by atoms with Crippen LogP contribution in [-0.4, -0.2) is 69.5 Å². The smallest absolute Gasteiger partial charge is 0.191 e. The number of hydrogen-bond donors (Lipinski definition) is 2. The van der Waals surface area contributed by atoms with Gasteiger partial charge in [-0.1, -0.05) is 12.1 Å². The van der Waals surface area contributed by atoms with E-state index < -0.39 is 0 Å². The number of rotatable bonds is 8. The van der Waals surface area contributed by atoms with Crippen molar-refractivity contribution >= 4 is 5.96 Å². The van der Waals surface area contributed by atoms with Crippen LogP contribution in [0.2, 0.25) is 0 Å². The molecule has 6 nitrogen and oxygen atoms in total. The average molecular weight is 381 g/mol. The van der Waals surface area contributed by atoms with Crippen LogP contribution in [0.15, 0.2) is 29.3 Å². The molecule has 1 aliphatic rings. The Balaban J connectivity index is 2.10. The number of morpholine rings is 1. The number of hydrogen-bond acceptors (Lipinski definition) is 4. The van der Waals surface area contributed by atoms with Gasteiger partial charge in [-0.2, -0.15) is 0 Å². The van der Waals surface area contributed by atoms with Gasteiger partial charge in [-0.15, -0.1) is 0 Å². The van der Waals surface area contributed by atoms with E-state index in [2.05, 4.69) is 20.5 Å². The van der Waals surface area contributed by atoms with Crippen molar-refractivity contribution in [3.8, 4) is 0 Å². The maximum Gasteiger partial charge on any atom is 0.191 e. The molecule has 0 amide bonds. The summed E-state index contributed by atoms with van der Waals surface area (Å²) in [7, 11) is 1.69. The van der Waals surface area contributed by atoms with Crippen LogP contribution >= 0.6 is 0 Å². The van der Waals surface area contributed by atoms with Gasteiger partial charge >= 0.3 is 0 Å². The van der Waals surface area contributed by atoms with E-state index in [0.717, 1.165) is 31.2 Å². The normalized spacial score (nSPS) is 17.6. The first-order valence-corrected chi connectivity index (χ1v) is 9.60. The second-order valence-electron chi connectivity index (χ2n) is 7.26. The molecule has 1 aromatic carbocycles. The molecule has 2 rings (SSSR count). The Morgan fingerprint density at radius 3 is 2.52 bits per heavy atom. The van der Waals surface area contributed by atoms with Crippen molar-refractivity contribution in [3.05, 3.63) is 35.6 Å². The van der Waals surface area contributed by atoms with Gasteiger partial charge in [0.2, 0.25) is 0 Å². The fourth-order valence-corrected chi connectivity index (χ4v) is 2.90. The number of nitrogens with zero attached hydrogens (tertiary/aromatic N) is 2. The Kier molecular flexibility index (Phi) is 8.47. The summed E-state index contributed by atoms with van der Waals surface area (Å²) < 4.78 is 24.3. The molecule has 1 heterocycles. The van der Waals surface area contributed by atoms with Crippen molar-refractivity contribution in [1.29, 1.82) is 0 Å². The highest BCUT2D eigenvalue weighted by molar-refractivity contribution is 5.79. The zero-order chi connectivity index (χ0) is 19.7. The lowest BCUT2D eigenvalue weighted by Crippen LogP contribution is -2.46. The predicted molar refractivity (Wildman–Crippen MR) is 107 cm³/mol.